The third-order valence-corrected chi connectivity index (χ3v) is 2.99. The number of ether oxygens (including phenoxy) is 2. The molecule has 17 heavy (non-hydrogen) atoms. The van der Waals surface area contributed by atoms with Crippen LogP contribution in [0.2, 0.25) is 0 Å². The normalized spacial score (nSPS) is 14.2. The Hall–Kier alpha value is -1.68. The number of hydrogen-bond donors (Lipinski definition) is 1. The van der Waals surface area contributed by atoms with E-state index in [9.17, 15) is 0 Å². The molecular formula is C13H15NO3. The molecule has 3 rings (SSSR count). The van der Waals surface area contributed by atoms with Crippen LogP contribution in [0.1, 0.15) is 6.42 Å². The van der Waals surface area contributed by atoms with Gasteiger partial charge < -0.3 is 19.1 Å². The first-order valence-corrected chi connectivity index (χ1v) is 5.88. The maximum atomic E-state index is 8.87. The van der Waals surface area contributed by atoms with Gasteiger partial charge in [0.05, 0.1) is 5.52 Å². The number of rotatable bonds is 3. The second-order valence-electron chi connectivity index (χ2n) is 4.14. The summed E-state index contributed by atoms with van der Waals surface area (Å²) >= 11 is 0. The van der Waals surface area contributed by atoms with Gasteiger partial charge in [-0.05, 0) is 18.6 Å². The van der Waals surface area contributed by atoms with E-state index < -0.39 is 0 Å². The molecule has 4 nitrogen and oxygen atoms in total. The number of fused-ring (bicyclic) bond motifs is 2. The molecule has 1 aliphatic heterocycles. The number of benzene rings is 1. The minimum absolute atomic E-state index is 0.213. The van der Waals surface area contributed by atoms with Gasteiger partial charge in [0.2, 0.25) is 0 Å². The van der Waals surface area contributed by atoms with Crippen molar-refractivity contribution in [1.29, 1.82) is 0 Å². The lowest BCUT2D eigenvalue weighted by Gasteiger charge is -2.18. The van der Waals surface area contributed by atoms with Crippen LogP contribution in [0.15, 0.2) is 24.4 Å². The van der Waals surface area contributed by atoms with Crippen molar-refractivity contribution >= 4 is 10.9 Å². The molecule has 0 atom stereocenters. The first-order valence-electron chi connectivity index (χ1n) is 5.88. The third-order valence-electron chi connectivity index (χ3n) is 2.99. The summed E-state index contributed by atoms with van der Waals surface area (Å²) in [6, 6.07) is 6.09. The molecule has 0 unspecified atom stereocenters. The Kier molecular flexibility index (Phi) is 2.65. The molecule has 0 radical (unpaired) electrons. The Morgan fingerprint density at radius 3 is 2.71 bits per heavy atom. The summed E-state index contributed by atoms with van der Waals surface area (Å²) in [4.78, 5) is 0. The number of aromatic nitrogens is 1. The average Bonchev–Trinajstić information content (AvgIpc) is 2.76. The fourth-order valence-electron chi connectivity index (χ4n) is 2.16. The molecule has 2 aromatic rings. The van der Waals surface area contributed by atoms with E-state index in [0.717, 1.165) is 35.4 Å². The van der Waals surface area contributed by atoms with Gasteiger partial charge in [-0.2, -0.15) is 0 Å². The highest BCUT2D eigenvalue weighted by Crippen LogP contribution is 2.34. The van der Waals surface area contributed by atoms with E-state index in [1.165, 1.54) is 0 Å². The zero-order chi connectivity index (χ0) is 11.7. The molecule has 0 fully saturated rings. The van der Waals surface area contributed by atoms with E-state index in [2.05, 4.69) is 10.6 Å². The standard InChI is InChI=1S/C13H15NO3/c15-5-1-3-14-4-2-10-8-12-13(9-11(10)14)17-7-6-16-12/h2,4,8-9,15H,1,3,5-7H2. The lowest BCUT2D eigenvalue weighted by atomic mass is 10.2. The monoisotopic (exact) mass is 233 g/mol. The Labute approximate surface area is 99.4 Å². The second kappa shape index (κ2) is 4.30. The Bertz CT molecular complexity index is 533. The third kappa shape index (κ3) is 1.85. The number of aliphatic hydroxyl groups is 1. The van der Waals surface area contributed by atoms with Gasteiger partial charge in [-0.3, -0.25) is 0 Å². The number of aryl methyl sites for hydroxylation is 1. The summed E-state index contributed by atoms with van der Waals surface area (Å²) in [7, 11) is 0. The Morgan fingerprint density at radius 1 is 1.18 bits per heavy atom. The first-order chi connectivity index (χ1) is 8.38. The Balaban J connectivity index is 2.03. The summed E-state index contributed by atoms with van der Waals surface area (Å²) in [6.07, 6.45) is 2.80. The fourth-order valence-corrected chi connectivity index (χ4v) is 2.16. The molecule has 0 amide bonds. The molecular weight excluding hydrogens is 218 g/mol. The SMILES string of the molecule is OCCCn1ccc2cc3c(cc21)OCCO3. The molecule has 4 heteroatoms. The summed E-state index contributed by atoms with van der Waals surface area (Å²) in [6.45, 7) is 2.25. The summed E-state index contributed by atoms with van der Waals surface area (Å²) in [5.41, 5.74) is 1.13. The maximum Gasteiger partial charge on any atom is 0.163 e. The van der Waals surface area contributed by atoms with Crippen molar-refractivity contribution < 1.29 is 14.6 Å². The molecule has 1 aliphatic rings. The van der Waals surface area contributed by atoms with Crippen molar-refractivity contribution in [3.05, 3.63) is 24.4 Å². The smallest absolute Gasteiger partial charge is 0.163 e. The number of hydrogen-bond acceptors (Lipinski definition) is 3. The van der Waals surface area contributed by atoms with E-state index in [-0.39, 0.29) is 6.61 Å². The van der Waals surface area contributed by atoms with Crippen LogP contribution in [-0.2, 0) is 6.54 Å². The van der Waals surface area contributed by atoms with Crippen LogP contribution in [0.3, 0.4) is 0 Å². The van der Waals surface area contributed by atoms with Crippen molar-refractivity contribution in [3.63, 3.8) is 0 Å². The van der Waals surface area contributed by atoms with Crippen LogP contribution in [-0.4, -0.2) is 29.5 Å². The summed E-state index contributed by atoms with van der Waals surface area (Å²) < 4.78 is 13.2. The van der Waals surface area contributed by atoms with Crippen molar-refractivity contribution in [2.24, 2.45) is 0 Å². The van der Waals surface area contributed by atoms with E-state index in [0.29, 0.717) is 13.2 Å². The minimum atomic E-state index is 0.213. The van der Waals surface area contributed by atoms with Gasteiger partial charge in [0.25, 0.3) is 0 Å². The van der Waals surface area contributed by atoms with E-state index in [1.54, 1.807) is 0 Å². The van der Waals surface area contributed by atoms with E-state index in [1.807, 2.05) is 18.3 Å². The molecule has 90 valence electrons. The summed E-state index contributed by atoms with van der Waals surface area (Å²) in [5.74, 6) is 1.64. The minimum Gasteiger partial charge on any atom is -0.486 e. The van der Waals surface area contributed by atoms with Crippen molar-refractivity contribution in [3.8, 4) is 11.5 Å². The van der Waals surface area contributed by atoms with Gasteiger partial charge in [-0.25, -0.2) is 0 Å². The average molecular weight is 233 g/mol. The number of aliphatic hydroxyl groups excluding tert-OH is 1. The van der Waals surface area contributed by atoms with Gasteiger partial charge in [0.1, 0.15) is 13.2 Å². The maximum absolute atomic E-state index is 8.87. The van der Waals surface area contributed by atoms with Crippen molar-refractivity contribution in [2.45, 2.75) is 13.0 Å². The quantitative estimate of drug-likeness (QED) is 0.879. The second-order valence-corrected chi connectivity index (χ2v) is 4.14. The van der Waals surface area contributed by atoms with Gasteiger partial charge in [-0.1, -0.05) is 0 Å². The molecule has 0 saturated heterocycles. The Morgan fingerprint density at radius 2 is 1.94 bits per heavy atom. The van der Waals surface area contributed by atoms with E-state index in [4.69, 9.17) is 14.6 Å². The van der Waals surface area contributed by atoms with E-state index >= 15 is 0 Å². The van der Waals surface area contributed by atoms with Crippen molar-refractivity contribution in [1.82, 2.24) is 4.57 Å². The van der Waals surface area contributed by atoms with Crippen LogP contribution < -0.4 is 9.47 Å². The predicted molar refractivity (Wildman–Crippen MR) is 64.6 cm³/mol. The molecule has 1 aromatic carbocycles. The molecule has 0 bridgehead atoms. The van der Waals surface area contributed by atoms with Crippen molar-refractivity contribution in [2.75, 3.05) is 19.8 Å². The van der Waals surface area contributed by atoms with Crippen LogP contribution >= 0.6 is 0 Å². The van der Waals surface area contributed by atoms with Crippen LogP contribution in [0.4, 0.5) is 0 Å². The molecule has 0 spiro atoms. The number of nitrogens with zero attached hydrogens (tertiary/aromatic N) is 1. The van der Waals surface area contributed by atoms with Gasteiger partial charge in [-0.15, -0.1) is 0 Å². The first kappa shape index (κ1) is 10.5. The highest BCUT2D eigenvalue weighted by molar-refractivity contribution is 5.84. The molecule has 2 heterocycles. The predicted octanol–water partition coefficient (Wildman–Crippen LogP) is 1.79. The molecule has 1 aromatic heterocycles. The largest absolute Gasteiger partial charge is 0.486 e. The lowest BCUT2D eigenvalue weighted by molar-refractivity contribution is 0.172. The zero-order valence-corrected chi connectivity index (χ0v) is 9.56. The lowest BCUT2D eigenvalue weighted by Crippen LogP contribution is -2.15. The van der Waals surface area contributed by atoms with Gasteiger partial charge in [0.15, 0.2) is 11.5 Å². The van der Waals surface area contributed by atoms with Gasteiger partial charge >= 0.3 is 0 Å². The topological polar surface area (TPSA) is 43.6 Å². The molecule has 0 saturated carbocycles. The summed E-state index contributed by atoms with van der Waals surface area (Å²) in [5, 5.41) is 10.0. The molecule has 1 N–H and O–H groups in total. The highest BCUT2D eigenvalue weighted by Gasteiger charge is 2.14. The highest BCUT2D eigenvalue weighted by atomic mass is 16.6. The van der Waals surface area contributed by atoms with Gasteiger partial charge in [0, 0.05) is 30.8 Å². The van der Waals surface area contributed by atoms with Crippen LogP contribution in [0, 0.1) is 0 Å². The zero-order valence-electron chi connectivity index (χ0n) is 9.56. The van der Waals surface area contributed by atoms with Crippen LogP contribution in [0.5, 0.6) is 11.5 Å². The molecule has 0 aliphatic carbocycles. The van der Waals surface area contributed by atoms with Crippen LogP contribution in [0.25, 0.3) is 10.9 Å². The fraction of sp³-hybridized carbons (Fsp3) is 0.385.